The number of rotatable bonds is 6. The van der Waals surface area contributed by atoms with E-state index in [1.807, 2.05) is 0 Å². The highest BCUT2D eigenvalue weighted by atomic mass is 35.5. The third-order valence-electron chi connectivity index (χ3n) is 3.66. The lowest BCUT2D eigenvalue weighted by Crippen LogP contribution is -2.45. The van der Waals surface area contributed by atoms with Crippen molar-refractivity contribution in [2.45, 2.75) is 18.7 Å². The van der Waals surface area contributed by atoms with E-state index in [2.05, 4.69) is 5.32 Å². The van der Waals surface area contributed by atoms with Gasteiger partial charge in [0.2, 0.25) is 0 Å². The Kier molecular flexibility index (Phi) is 6.61. The Morgan fingerprint density at radius 2 is 1.86 bits per heavy atom. The number of hydrogen-bond donors (Lipinski definition) is 2. The molecular formula is C17H13Cl2F3N2O5. The van der Waals surface area contributed by atoms with Gasteiger partial charge in [0.05, 0.1) is 15.0 Å². The van der Waals surface area contributed by atoms with Crippen molar-refractivity contribution in [1.29, 1.82) is 0 Å². The molecule has 0 radical (unpaired) electrons. The maximum atomic E-state index is 13.0. The molecule has 156 valence electrons. The Balaban J connectivity index is 2.15. The number of halogens is 5. The average molecular weight is 453 g/mol. The van der Waals surface area contributed by atoms with Gasteiger partial charge in [0.15, 0.2) is 5.60 Å². The molecule has 2 aromatic rings. The van der Waals surface area contributed by atoms with E-state index in [0.717, 1.165) is 13.0 Å². The lowest BCUT2D eigenvalue weighted by molar-refractivity contribution is -0.388. The molecule has 12 heteroatoms. The van der Waals surface area contributed by atoms with E-state index in [-0.39, 0.29) is 21.5 Å². The van der Waals surface area contributed by atoms with Gasteiger partial charge in [-0.25, -0.2) is 0 Å². The summed E-state index contributed by atoms with van der Waals surface area (Å²) >= 11 is 11.6. The van der Waals surface area contributed by atoms with Crippen molar-refractivity contribution < 1.29 is 32.7 Å². The molecule has 0 aromatic heterocycles. The second-order valence-electron chi connectivity index (χ2n) is 6.08. The zero-order chi connectivity index (χ0) is 22.0. The van der Waals surface area contributed by atoms with Crippen molar-refractivity contribution in [1.82, 2.24) is 0 Å². The van der Waals surface area contributed by atoms with Crippen LogP contribution in [0.5, 0.6) is 5.75 Å². The van der Waals surface area contributed by atoms with Gasteiger partial charge in [0.25, 0.3) is 11.6 Å². The van der Waals surface area contributed by atoms with Crippen molar-refractivity contribution in [2.75, 3.05) is 11.9 Å². The standard InChI is InChI=1S/C17H13Cl2F3N2O5/c1-16(26,8-29-10-3-4-12(18)13(19)7-10)15(25)23-9-2-5-14(24(27)28)11(6-9)17(20,21)22/h2-7,26H,8H2,1H3,(H,23,25)/t16-/m0/s1. The fourth-order valence-electron chi connectivity index (χ4n) is 2.12. The predicted molar refractivity (Wildman–Crippen MR) is 99.3 cm³/mol. The van der Waals surface area contributed by atoms with Gasteiger partial charge in [-0.2, -0.15) is 13.2 Å². The Hall–Kier alpha value is -2.56. The largest absolute Gasteiger partial charge is 0.490 e. The number of nitro benzene ring substituents is 1. The van der Waals surface area contributed by atoms with E-state index in [9.17, 15) is 33.2 Å². The molecule has 0 aliphatic heterocycles. The average Bonchev–Trinajstić information content (AvgIpc) is 2.61. The molecule has 2 aromatic carbocycles. The summed E-state index contributed by atoms with van der Waals surface area (Å²) in [5.41, 5.74) is -5.23. The summed E-state index contributed by atoms with van der Waals surface area (Å²) in [5.74, 6) is -0.887. The van der Waals surface area contributed by atoms with Crippen LogP contribution in [-0.2, 0) is 11.0 Å². The lowest BCUT2D eigenvalue weighted by atomic mass is 10.1. The minimum Gasteiger partial charge on any atom is -0.490 e. The summed E-state index contributed by atoms with van der Waals surface area (Å²) in [5, 5.41) is 23.6. The van der Waals surface area contributed by atoms with E-state index in [0.29, 0.717) is 12.1 Å². The second kappa shape index (κ2) is 8.44. The van der Waals surface area contributed by atoms with Crippen LogP contribution >= 0.6 is 23.2 Å². The zero-order valence-electron chi connectivity index (χ0n) is 14.6. The van der Waals surface area contributed by atoms with Crippen molar-refractivity contribution in [2.24, 2.45) is 0 Å². The van der Waals surface area contributed by atoms with Crippen molar-refractivity contribution >= 4 is 40.5 Å². The number of benzene rings is 2. The molecule has 0 unspecified atom stereocenters. The topological polar surface area (TPSA) is 102 Å². The van der Waals surface area contributed by atoms with Crippen LogP contribution in [0.25, 0.3) is 0 Å². The van der Waals surface area contributed by atoms with E-state index in [1.54, 1.807) is 0 Å². The third-order valence-corrected chi connectivity index (χ3v) is 4.40. The normalized spacial score (nSPS) is 13.5. The zero-order valence-corrected chi connectivity index (χ0v) is 16.1. The second-order valence-corrected chi connectivity index (χ2v) is 6.89. The van der Waals surface area contributed by atoms with E-state index in [4.69, 9.17) is 27.9 Å². The van der Waals surface area contributed by atoms with Crippen LogP contribution in [0, 0.1) is 10.1 Å². The molecule has 2 rings (SSSR count). The summed E-state index contributed by atoms with van der Waals surface area (Å²) in [7, 11) is 0. The SMILES string of the molecule is C[C@](O)(COc1ccc(Cl)c(Cl)c1)C(=O)Nc1ccc([N+](=O)[O-])c(C(F)(F)F)c1. The quantitative estimate of drug-likeness (QED) is 0.488. The number of amides is 1. The van der Waals surface area contributed by atoms with Crippen molar-refractivity contribution in [3.63, 3.8) is 0 Å². The van der Waals surface area contributed by atoms with Crippen LogP contribution < -0.4 is 10.1 Å². The number of nitrogens with one attached hydrogen (secondary N) is 1. The molecule has 29 heavy (non-hydrogen) atoms. The summed E-state index contributed by atoms with van der Waals surface area (Å²) in [6, 6.07) is 6.16. The first-order valence-electron chi connectivity index (χ1n) is 7.78. The number of carbonyl (C=O) groups is 1. The number of nitro groups is 1. The molecule has 0 heterocycles. The van der Waals surface area contributed by atoms with E-state index in [1.165, 1.54) is 18.2 Å². The number of alkyl halides is 3. The summed E-state index contributed by atoms with van der Waals surface area (Å²) in [4.78, 5) is 21.8. The summed E-state index contributed by atoms with van der Waals surface area (Å²) in [6.07, 6.45) is -5.01. The lowest BCUT2D eigenvalue weighted by Gasteiger charge is -2.23. The van der Waals surface area contributed by atoms with Crippen LogP contribution in [0.4, 0.5) is 24.5 Å². The first-order valence-corrected chi connectivity index (χ1v) is 8.54. The molecule has 0 aliphatic carbocycles. The van der Waals surface area contributed by atoms with Crippen LogP contribution in [0.1, 0.15) is 12.5 Å². The maximum Gasteiger partial charge on any atom is 0.423 e. The van der Waals surface area contributed by atoms with Gasteiger partial charge in [-0.1, -0.05) is 23.2 Å². The van der Waals surface area contributed by atoms with Gasteiger partial charge in [-0.05, 0) is 31.2 Å². The highest BCUT2D eigenvalue weighted by molar-refractivity contribution is 6.42. The number of nitrogens with zero attached hydrogens (tertiary/aromatic N) is 1. The molecule has 0 saturated carbocycles. The van der Waals surface area contributed by atoms with Crippen molar-refractivity contribution in [3.05, 3.63) is 62.1 Å². The molecule has 2 N–H and O–H groups in total. The number of carbonyl (C=O) groups excluding carboxylic acids is 1. The van der Waals surface area contributed by atoms with Gasteiger partial charge < -0.3 is 15.2 Å². The number of ether oxygens (including phenoxy) is 1. The highest BCUT2D eigenvalue weighted by Crippen LogP contribution is 2.37. The molecule has 1 amide bonds. The van der Waals surface area contributed by atoms with Crippen LogP contribution in [-0.4, -0.2) is 28.1 Å². The first-order chi connectivity index (χ1) is 13.3. The molecule has 0 aliphatic rings. The number of anilines is 1. The minimum atomic E-state index is -5.01. The minimum absolute atomic E-state index is 0.179. The van der Waals surface area contributed by atoms with E-state index >= 15 is 0 Å². The Bertz CT molecular complexity index is 951. The molecule has 7 nitrogen and oxygen atoms in total. The van der Waals surface area contributed by atoms with Gasteiger partial charge in [-0.15, -0.1) is 0 Å². The Labute approximate surface area is 172 Å². The molecule has 0 bridgehead atoms. The molecule has 0 spiro atoms. The summed E-state index contributed by atoms with van der Waals surface area (Å²) in [6.45, 7) is 0.520. The smallest absolute Gasteiger partial charge is 0.423 e. The Morgan fingerprint density at radius 1 is 1.21 bits per heavy atom. The molecular weight excluding hydrogens is 440 g/mol. The first kappa shape index (κ1) is 22.7. The maximum absolute atomic E-state index is 13.0. The summed E-state index contributed by atoms with van der Waals surface area (Å²) < 4.78 is 44.3. The van der Waals surface area contributed by atoms with Crippen LogP contribution in [0.3, 0.4) is 0 Å². The predicted octanol–water partition coefficient (Wildman–Crippen LogP) is 4.69. The van der Waals surface area contributed by atoms with Crippen LogP contribution in [0.2, 0.25) is 10.0 Å². The molecule has 1 atom stereocenters. The van der Waals surface area contributed by atoms with Crippen molar-refractivity contribution in [3.8, 4) is 5.75 Å². The van der Waals surface area contributed by atoms with Crippen LogP contribution in [0.15, 0.2) is 36.4 Å². The van der Waals surface area contributed by atoms with Gasteiger partial charge in [-0.3, -0.25) is 14.9 Å². The van der Waals surface area contributed by atoms with Gasteiger partial charge in [0.1, 0.15) is 17.9 Å². The molecule has 0 saturated heterocycles. The Morgan fingerprint density at radius 3 is 2.41 bits per heavy atom. The number of hydrogen-bond acceptors (Lipinski definition) is 5. The fourth-order valence-corrected chi connectivity index (χ4v) is 2.41. The third kappa shape index (κ3) is 5.72. The number of aliphatic hydroxyl groups is 1. The monoisotopic (exact) mass is 452 g/mol. The highest BCUT2D eigenvalue weighted by Gasteiger charge is 2.39. The van der Waals surface area contributed by atoms with Gasteiger partial charge >= 0.3 is 6.18 Å². The van der Waals surface area contributed by atoms with Gasteiger partial charge in [0, 0.05) is 17.8 Å². The van der Waals surface area contributed by atoms with E-state index < -0.39 is 40.5 Å². The molecule has 0 fully saturated rings. The fraction of sp³-hybridized carbons (Fsp3) is 0.235.